The zero-order valence-corrected chi connectivity index (χ0v) is 11.9. The van der Waals surface area contributed by atoms with Crippen molar-refractivity contribution in [2.24, 2.45) is 0 Å². The van der Waals surface area contributed by atoms with Gasteiger partial charge in [0.25, 0.3) is 0 Å². The molecule has 0 saturated carbocycles. The van der Waals surface area contributed by atoms with Crippen LogP contribution >= 0.6 is 0 Å². The number of carbonyl (C=O) groups excluding carboxylic acids is 1. The van der Waals surface area contributed by atoms with Crippen LogP contribution in [0.4, 0.5) is 0 Å². The summed E-state index contributed by atoms with van der Waals surface area (Å²) >= 11 is 0. The van der Waals surface area contributed by atoms with Crippen molar-refractivity contribution in [3.63, 3.8) is 0 Å². The topological polar surface area (TPSA) is 76.7 Å². The molecule has 0 fully saturated rings. The molecular weight excluding hydrogens is 272 g/mol. The lowest BCUT2D eigenvalue weighted by atomic mass is 9.95. The molecule has 1 N–H and O–H groups in total. The Hall–Kier alpha value is -2.30. The molecule has 0 saturated heterocycles. The van der Waals surface area contributed by atoms with Crippen LogP contribution < -0.4 is 10.4 Å². The number of phenols is 1. The molecule has 1 atom stereocenters. The summed E-state index contributed by atoms with van der Waals surface area (Å²) in [6.45, 7) is 3.76. The number of benzene rings is 1. The van der Waals surface area contributed by atoms with E-state index in [0.29, 0.717) is 17.4 Å². The number of aromatic hydroxyl groups is 1. The fourth-order valence-electron chi connectivity index (χ4n) is 2.82. The third kappa shape index (κ3) is 2.18. The minimum absolute atomic E-state index is 0.147. The first kappa shape index (κ1) is 13.7. The Morgan fingerprint density at radius 1 is 1.33 bits per heavy atom. The second-order valence-electron chi connectivity index (χ2n) is 5.37. The number of fused-ring (bicyclic) bond motifs is 2. The summed E-state index contributed by atoms with van der Waals surface area (Å²) in [4.78, 5) is 23.8. The number of ether oxygens (including phenoxy) is 1. The van der Waals surface area contributed by atoms with E-state index >= 15 is 0 Å². The van der Waals surface area contributed by atoms with Gasteiger partial charge in [-0.3, -0.25) is 4.79 Å². The second-order valence-corrected chi connectivity index (χ2v) is 5.37. The maximum Gasteiger partial charge on any atom is 0.336 e. The summed E-state index contributed by atoms with van der Waals surface area (Å²) in [5.41, 5.74) is 0.659. The van der Waals surface area contributed by atoms with Crippen LogP contribution in [0.3, 0.4) is 0 Å². The molecule has 1 aliphatic rings. The molecule has 0 radical (unpaired) electrons. The molecular formula is C16H16O5. The van der Waals surface area contributed by atoms with Gasteiger partial charge in [-0.1, -0.05) is 13.3 Å². The van der Waals surface area contributed by atoms with Gasteiger partial charge in [-0.15, -0.1) is 0 Å². The average molecular weight is 288 g/mol. The van der Waals surface area contributed by atoms with Crippen LogP contribution in [0.5, 0.6) is 11.5 Å². The van der Waals surface area contributed by atoms with E-state index in [2.05, 4.69) is 0 Å². The maximum atomic E-state index is 12.2. The van der Waals surface area contributed by atoms with Crippen molar-refractivity contribution in [1.29, 1.82) is 0 Å². The Bertz CT molecular complexity index is 787. The van der Waals surface area contributed by atoms with Crippen molar-refractivity contribution in [3.8, 4) is 11.5 Å². The van der Waals surface area contributed by atoms with E-state index in [1.165, 1.54) is 12.1 Å². The minimum atomic E-state index is -0.472. The summed E-state index contributed by atoms with van der Waals surface area (Å²) in [5, 5.41) is 10.9. The van der Waals surface area contributed by atoms with Gasteiger partial charge in [-0.05, 0) is 18.9 Å². The Kier molecular flexibility index (Phi) is 3.20. The highest BCUT2D eigenvalue weighted by atomic mass is 16.5. The number of phenolic OH excluding ortho intramolecular Hbond substituents is 1. The van der Waals surface area contributed by atoms with Crippen LogP contribution in [0, 0.1) is 0 Å². The van der Waals surface area contributed by atoms with E-state index in [1.807, 2.05) is 6.92 Å². The fourth-order valence-corrected chi connectivity index (χ4v) is 2.82. The Morgan fingerprint density at radius 3 is 2.81 bits per heavy atom. The number of rotatable bonds is 2. The lowest BCUT2D eigenvalue weighted by Gasteiger charge is -2.23. The molecule has 2 aromatic rings. The van der Waals surface area contributed by atoms with Crippen molar-refractivity contribution in [3.05, 3.63) is 33.7 Å². The van der Waals surface area contributed by atoms with Crippen LogP contribution in [0.1, 0.15) is 42.6 Å². The monoisotopic (exact) mass is 288 g/mol. The van der Waals surface area contributed by atoms with Gasteiger partial charge in [0, 0.05) is 18.6 Å². The highest BCUT2D eigenvalue weighted by molar-refractivity contribution is 6.08. The molecule has 2 heterocycles. The van der Waals surface area contributed by atoms with Crippen LogP contribution in [-0.2, 0) is 6.42 Å². The number of hydrogen-bond donors (Lipinski definition) is 1. The highest BCUT2D eigenvalue weighted by Crippen LogP contribution is 2.41. The van der Waals surface area contributed by atoms with Gasteiger partial charge in [-0.25, -0.2) is 4.79 Å². The van der Waals surface area contributed by atoms with Gasteiger partial charge in [0.1, 0.15) is 28.7 Å². The molecule has 5 nitrogen and oxygen atoms in total. The summed E-state index contributed by atoms with van der Waals surface area (Å²) in [6, 6.07) is 2.90. The molecule has 0 bridgehead atoms. The zero-order valence-electron chi connectivity index (χ0n) is 11.9. The SMILES string of the molecule is CCCc1cc(=O)oc2cc3c(c(O)c12)C(=O)CC(C)O3. The highest BCUT2D eigenvalue weighted by Gasteiger charge is 2.29. The number of carbonyl (C=O) groups is 1. The van der Waals surface area contributed by atoms with E-state index in [-0.39, 0.29) is 41.0 Å². The van der Waals surface area contributed by atoms with Gasteiger partial charge in [0.15, 0.2) is 5.78 Å². The molecule has 0 aliphatic carbocycles. The summed E-state index contributed by atoms with van der Waals surface area (Å²) < 4.78 is 10.7. The second kappa shape index (κ2) is 4.91. The van der Waals surface area contributed by atoms with Crippen LogP contribution in [0.15, 0.2) is 21.3 Å². The van der Waals surface area contributed by atoms with Crippen molar-refractivity contribution in [1.82, 2.24) is 0 Å². The summed E-state index contributed by atoms with van der Waals surface area (Å²) in [7, 11) is 0. The van der Waals surface area contributed by atoms with Crippen molar-refractivity contribution < 1.29 is 19.1 Å². The van der Waals surface area contributed by atoms with E-state index in [4.69, 9.17) is 9.15 Å². The van der Waals surface area contributed by atoms with Crippen LogP contribution in [0.25, 0.3) is 11.0 Å². The Balaban J connectivity index is 2.37. The van der Waals surface area contributed by atoms with Crippen LogP contribution in [0.2, 0.25) is 0 Å². The van der Waals surface area contributed by atoms with E-state index < -0.39 is 5.63 Å². The third-order valence-corrected chi connectivity index (χ3v) is 3.65. The largest absolute Gasteiger partial charge is 0.506 e. The quantitative estimate of drug-likeness (QED) is 0.860. The van der Waals surface area contributed by atoms with Crippen molar-refractivity contribution in [2.45, 2.75) is 39.2 Å². The van der Waals surface area contributed by atoms with Crippen molar-refractivity contribution in [2.75, 3.05) is 0 Å². The molecule has 0 amide bonds. The molecule has 3 rings (SSSR count). The fraction of sp³-hybridized carbons (Fsp3) is 0.375. The Morgan fingerprint density at radius 2 is 2.10 bits per heavy atom. The normalized spacial score (nSPS) is 17.6. The Labute approximate surface area is 121 Å². The average Bonchev–Trinajstić information content (AvgIpc) is 2.36. The maximum absolute atomic E-state index is 12.2. The first-order valence-electron chi connectivity index (χ1n) is 7.03. The number of hydrogen-bond acceptors (Lipinski definition) is 5. The van der Waals surface area contributed by atoms with Gasteiger partial charge in [0.2, 0.25) is 0 Å². The van der Waals surface area contributed by atoms with Crippen LogP contribution in [-0.4, -0.2) is 17.0 Å². The lowest BCUT2D eigenvalue weighted by molar-refractivity contribution is 0.0867. The van der Waals surface area contributed by atoms with E-state index in [9.17, 15) is 14.7 Å². The molecule has 110 valence electrons. The molecule has 5 heteroatoms. The minimum Gasteiger partial charge on any atom is -0.506 e. The predicted octanol–water partition coefficient (Wildman–Crippen LogP) is 2.80. The first-order chi connectivity index (χ1) is 10.0. The summed E-state index contributed by atoms with van der Waals surface area (Å²) in [6.07, 6.45) is 1.41. The number of aryl methyl sites for hydroxylation is 1. The van der Waals surface area contributed by atoms with Gasteiger partial charge in [0.05, 0.1) is 5.39 Å². The molecule has 1 aliphatic heterocycles. The molecule has 0 spiro atoms. The van der Waals surface area contributed by atoms with Gasteiger partial charge < -0.3 is 14.3 Å². The number of Topliss-reactive ketones (excluding diaryl/α,β-unsaturated/α-hetero) is 1. The molecule has 1 aromatic heterocycles. The smallest absolute Gasteiger partial charge is 0.336 e. The predicted molar refractivity (Wildman–Crippen MR) is 77.2 cm³/mol. The van der Waals surface area contributed by atoms with Gasteiger partial charge >= 0.3 is 5.63 Å². The zero-order chi connectivity index (χ0) is 15.1. The number of ketones is 1. The van der Waals surface area contributed by atoms with E-state index in [0.717, 1.165) is 6.42 Å². The van der Waals surface area contributed by atoms with Crippen molar-refractivity contribution >= 4 is 16.8 Å². The molecule has 1 aromatic carbocycles. The summed E-state index contributed by atoms with van der Waals surface area (Å²) in [5.74, 6) is -0.0241. The first-order valence-corrected chi connectivity index (χ1v) is 7.03. The van der Waals surface area contributed by atoms with Gasteiger partial charge in [-0.2, -0.15) is 0 Å². The third-order valence-electron chi connectivity index (χ3n) is 3.65. The molecule has 21 heavy (non-hydrogen) atoms. The van der Waals surface area contributed by atoms with E-state index in [1.54, 1.807) is 6.92 Å². The molecule has 1 unspecified atom stereocenters. The lowest BCUT2D eigenvalue weighted by Crippen LogP contribution is -2.24. The standard InChI is InChI=1S/C16H16O5/c1-3-4-9-6-13(18)21-11-7-12-15(16(19)14(9)11)10(17)5-8(2)20-12/h6-8,19H,3-5H2,1-2H3.